The van der Waals surface area contributed by atoms with Gasteiger partial charge in [-0.25, -0.2) is 4.98 Å². The van der Waals surface area contributed by atoms with Crippen molar-refractivity contribution in [3.8, 4) is 0 Å². The lowest BCUT2D eigenvalue weighted by Gasteiger charge is -2.20. The van der Waals surface area contributed by atoms with E-state index in [2.05, 4.69) is 20.6 Å². The van der Waals surface area contributed by atoms with E-state index in [-0.39, 0.29) is 13.2 Å². The van der Waals surface area contributed by atoms with E-state index in [1.54, 1.807) is 19.4 Å². The molecule has 1 aromatic heterocycles. The number of aromatic nitrogens is 2. The predicted molar refractivity (Wildman–Crippen MR) is 57.8 cm³/mol. The zero-order valence-corrected chi connectivity index (χ0v) is 8.86. The minimum absolute atomic E-state index is 0.214. The van der Waals surface area contributed by atoms with E-state index in [1.807, 2.05) is 0 Å². The number of hydrogen-bond acceptors (Lipinski definition) is 6. The molecule has 0 aromatic carbocycles. The molecule has 0 aliphatic carbocycles. The first-order valence-corrected chi connectivity index (χ1v) is 4.64. The third kappa shape index (κ3) is 3.69. The van der Waals surface area contributed by atoms with Crippen LogP contribution in [0.15, 0.2) is 12.4 Å². The van der Waals surface area contributed by atoms with E-state index < -0.39 is 5.60 Å². The Morgan fingerprint density at radius 2 is 2.07 bits per heavy atom. The van der Waals surface area contributed by atoms with Crippen LogP contribution in [0.2, 0.25) is 0 Å². The molecule has 0 bridgehead atoms. The van der Waals surface area contributed by atoms with Gasteiger partial charge in [0.05, 0.1) is 19.0 Å². The number of aliphatic hydroxyl groups is 2. The van der Waals surface area contributed by atoms with Gasteiger partial charge in [0.25, 0.3) is 0 Å². The summed E-state index contributed by atoms with van der Waals surface area (Å²) in [5.74, 6) is 1.19. The van der Waals surface area contributed by atoms with Crippen LogP contribution in [0.4, 0.5) is 11.6 Å². The fourth-order valence-electron chi connectivity index (χ4n) is 0.908. The standard InChI is InChI=1S/C9H16N4O2/c1-9(15,6-14)5-12-8-4-11-3-7(10-2)13-8/h3-4,14-15H,5-6H2,1-2H3,(H2,10,12,13). The summed E-state index contributed by atoms with van der Waals surface area (Å²) in [5.41, 5.74) is -1.16. The molecule has 0 saturated carbocycles. The van der Waals surface area contributed by atoms with Gasteiger partial charge in [0.15, 0.2) is 0 Å². The fraction of sp³-hybridized carbons (Fsp3) is 0.556. The summed E-state index contributed by atoms with van der Waals surface area (Å²) in [6.45, 7) is 1.44. The average molecular weight is 212 g/mol. The summed E-state index contributed by atoms with van der Waals surface area (Å²) in [6, 6.07) is 0. The first-order chi connectivity index (χ1) is 7.07. The quantitative estimate of drug-likeness (QED) is 0.534. The van der Waals surface area contributed by atoms with Crippen LogP contribution in [0, 0.1) is 0 Å². The molecule has 0 radical (unpaired) electrons. The van der Waals surface area contributed by atoms with Gasteiger partial charge >= 0.3 is 0 Å². The van der Waals surface area contributed by atoms with Crippen LogP contribution in [-0.4, -0.2) is 46.0 Å². The molecule has 4 N–H and O–H groups in total. The van der Waals surface area contributed by atoms with Crippen LogP contribution in [-0.2, 0) is 0 Å². The molecule has 6 heteroatoms. The van der Waals surface area contributed by atoms with Gasteiger partial charge in [-0.05, 0) is 6.92 Å². The molecule has 84 valence electrons. The van der Waals surface area contributed by atoms with E-state index in [9.17, 15) is 5.11 Å². The predicted octanol–water partition coefficient (Wildman–Crippen LogP) is -0.327. The molecular weight excluding hydrogens is 196 g/mol. The second-order valence-corrected chi connectivity index (χ2v) is 3.55. The topological polar surface area (TPSA) is 90.3 Å². The Bertz CT molecular complexity index is 317. The van der Waals surface area contributed by atoms with E-state index in [0.29, 0.717) is 11.6 Å². The summed E-state index contributed by atoms with van der Waals surface area (Å²) in [6.07, 6.45) is 3.14. The van der Waals surface area contributed by atoms with Crippen molar-refractivity contribution in [2.75, 3.05) is 30.8 Å². The van der Waals surface area contributed by atoms with Gasteiger partial charge in [0, 0.05) is 13.6 Å². The Morgan fingerprint density at radius 3 is 2.67 bits per heavy atom. The van der Waals surface area contributed by atoms with Crippen LogP contribution < -0.4 is 10.6 Å². The maximum atomic E-state index is 9.53. The van der Waals surface area contributed by atoms with Crippen LogP contribution in [0.5, 0.6) is 0 Å². The third-order valence-electron chi connectivity index (χ3n) is 1.88. The number of rotatable bonds is 5. The lowest BCUT2D eigenvalue weighted by molar-refractivity contribution is 0.0131. The molecule has 1 unspecified atom stereocenters. The van der Waals surface area contributed by atoms with Crippen molar-refractivity contribution in [1.29, 1.82) is 0 Å². The zero-order chi connectivity index (χ0) is 11.3. The van der Waals surface area contributed by atoms with Crippen LogP contribution in [0.3, 0.4) is 0 Å². The molecule has 0 aliphatic rings. The van der Waals surface area contributed by atoms with Crippen LogP contribution in [0.25, 0.3) is 0 Å². The second-order valence-electron chi connectivity index (χ2n) is 3.55. The van der Waals surface area contributed by atoms with Crippen LogP contribution >= 0.6 is 0 Å². The normalized spacial score (nSPS) is 14.4. The van der Waals surface area contributed by atoms with Gasteiger partial charge < -0.3 is 20.8 Å². The Labute approximate surface area is 88.4 Å². The van der Waals surface area contributed by atoms with E-state index in [1.165, 1.54) is 6.92 Å². The molecule has 15 heavy (non-hydrogen) atoms. The smallest absolute Gasteiger partial charge is 0.147 e. The van der Waals surface area contributed by atoms with Gasteiger partial charge in [-0.1, -0.05) is 0 Å². The molecule has 1 aromatic rings. The van der Waals surface area contributed by atoms with Gasteiger partial charge in [0.2, 0.25) is 0 Å². The first kappa shape index (κ1) is 11.7. The van der Waals surface area contributed by atoms with Crippen molar-refractivity contribution in [2.24, 2.45) is 0 Å². The van der Waals surface area contributed by atoms with E-state index in [4.69, 9.17) is 5.11 Å². The van der Waals surface area contributed by atoms with Crippen molar-refractivity contribution < 1.29 is 10.2 Å². The highest BCUT2D eigenvalue weighted by molar-refractivity contribution is 5.41. The molecule has 1 atom stereocenters. The van der Waals surface area contributed by atoms with Crippen molar-refractivity contribution in [1.82, 2.24) is 9.97 Å². The van der Waals surface area contributed by atoms with Gasteiger partial charge in [-0.3, -0.25) is 4.98 Å². The van der Waals surface area contributed by atoms with Gasteiger partial charge in [-0.15, -0.1) is 0 Å². The minimum Gasteiger partial charge on any atom is -0.393 e. The molecular formula is C9H16N4O2. The summed E-state index contributed by atoms with van der Waals surface area (Å²) in [5, 5.41) is 24.1. The number of nitrogens with one attached hydrogen (secondary N) is 2. The molecule has 0 amide bonds. The third-order valence-corrected chi connectivity index (χ3v) is 1.88. The van der Waals surface area contributed by atoms with Crippen molar-refractivity contribution in [2.45, 2.75) is 12.5 Å². The monoisotopic (exact) mass is 212 g/mol. The average Bonchev–Trinajstić information content (AvgIpc) is 2.27. The Kier molecular flexibility index (Phi) is 3.81. The number of anilines is 2. The Hall–Kier alpha value is -1.40. The second kappa shape index (κ2) is 4.90. The highest BCUT2D eigenvalue weighted by Crippen LogP contribution is 2.08. The highest BCUT2D eigenvalue weighted by Gasteiger charge is 2.18. The Morgan fingerprint density at radius 1 is 1.40 bits per heavy atom. The maximum absolute atomic E-state index is 9.53. The minimum atomic E-state index is -1.16. The zero-order valence-electron chi connectivity index (χ0n) is 8.86. The first-order valence-electron chi connectivity index (χ1n) is 4.64. The molecule has 0 aliphatic heterocycles. The Balaban J connectivity index is 2.57. The summed E-state index contributed by atoms with van der Waals surface area (Å²) in [4.78, 5) is 8.10. The highest BCUT2D eigenvalue weighted by atomic mass is 16.3. The number of aliphatic hydroxyl groups excluding tert-OH is 1. The lowest BCUT2D eigenvalue weighted by atomic mass is 10.1. The molecule has 1 heterocycles. The van der Waals surface area contributed by atoms with Crippen molar-refractivity contribution >= 4 is 11.6 Å². The van der Waals surface area contributed by atoms with E-state index >= 15 is 0 Å². The lowest BCUT2D eigenvalue weighted by Crippen LogP contribution is -2.37. The maximum Gasteiger partial charge on any atom is 0.147 e. The summed E-state index contributed by atoms with van der Waals surface area (Å²) in [7, 11) is 1.75. The summed E-state index contributed by atoms with van der Waals surface area (Å²) < 4.78 is 0. The SMILES string of the molecule is CNc1cncc(NCC(C)(O)CO)n1. The molecule has 0 spiro atoms. The largest absolute Gasteiger partial charge is 0.393 e. The van der Waals surface area contributed by atoms with E-state index in [0.717, 1.165) is 0 Å². The summed E-state index contributed by atoms with van der Waals surface area (Å²) >= 11 is 0. The molecule has 0 fully saturated rings. The van der Waals surface area contributed by atoms with Crippen LogP contribution in [0.1, 0.15) is 6.92 Å². The fourth-order valence-corrected chi connectivity index (χ4v) is 0.908. The van der Waals surface area contributed by atoms with Crippen molar-refractivity contribution in [3.05, 3.63) is 12.4 Å². The number of hydrogen-bond donors (Lipinski definition) is 4. The number of nitrogens with zero attached hydrogens (tertiary/aromatic N) is 2. The van der Waals surface area contributed by atoms with Gasteiger partial charge in [-0.2, -0.15) is 0 Å². The van der Waals surface area contributed by atoms with Crippen molar-refractivity contribution in [3.63, 3.8) is 0 Å². The molecule has 1 rings (SSSR count). The van der Waals surface area contributed by atoms with Gasteiger partial charge in [0.1, 0.15) is 17.2 Å². The molecule has 6 nitrogen and oxygen atoms in total. The molecule has 0 saturated heterocycles.